The van der Waals surface area contributed by atoms with Crippen molar-refractivity contribution < 1.29 is 17.0 Å². The first-order valence-corrected chi connectivity index (χ1v) is 11.9. The highest BCUT2D eigenvalue weighted by Crippen LogP contribution is 2.54. The molecule has 0 bridgehead atoms. The summed E-state index contributed by atoms with van der Waals surface area (Å²) in [6, 6.07) is 23.4. The van der Waals surface area contributed by atoms with Crippen LogP contribution in [0.5, 0.6) is 0 Å². The van der Waals surface area contributed by atoms with Gasteiger partial charge in [-0.1, -0.05) is 71.8 Å². The minimum atomic E-state index is 0. The Balaban J connectivity index is 0.00000241. The fourth-order valence-corrected chi connectivity index (χ4v) is 6.67. The van der Waals surface area contributed by atoms with E-state index in [9.17, 15) is 0 Å². The molecular weight excluding hydrogens is 436 g/mol. The van der Waals surface area contributed by atoms with Gasteiger partial charge >= 0.3 is 0 Å². The molecule has 172 valence electrons. The topological polar surface area (TPSA) is 6.25 Å². The number of rotatable bonds is 2. The highest BCUT2D eigenvalue weighted by Gasteiger charge is 2.52. The molecule has 2 nitrogen and oxygen atoms in total. The second-order valence-electron chi connectivity index (χ2n) is 10.1. The molecule has 0 saturated carbocycles. The fraction of sp³-hybridized carbons (Fsp3) is 0.258. The van der Waals surface area contributed by atoms with E-state index in [-0.39, 0.29) is 24.5 Å². The summed E-state index contributed by atoms with van der Waals surface area (Å²) in [7, 11) is 0. The van der Waals surface area contributed by atoms with Gasteiger partial charge in [-0.25, -0.2) is 9.48 Å². The molecule has 2 aliphatic rings. The van der Waals surface area contributed by atoms with Crippen LogP contribution in [0.2, 0.25) is 0 Å². The first-order chi connectivity index (χ1) is 15.8. The molecule has 3 heteroatoms. The van der Waals surface area contributed by atoms with Crippen LogP contribution >= 0.6 is 0 Å². The lowest BCUT2D eigenvalue weighted by Crippen LogP contribution is -3.00. The number of benzene rings is 4. The van der Waals surface area contributed by atoms with Crippen molar-refractivity contribution in [2.45, 2.75) is 53.6 Å². The van der Waals surface area contributed by atoms with E-state index in [0.717, 1.165) is 0 Å². The quantitative estimate of drug-likeness (QED) is 0.389. The van der Waals surface area contributed by atoms with Gasteiger partial charge < -0.3 is 12.4 Å². The van der Waals surface area contributed by atoms with E-state index in [4.69, 9.17) is 0 Å². The molecule has 0 N–H and O–H groups in total. The van der Waals surface area contributed by atoms with E-state index in [1.165, 1.54) is 66.7 Å². The van der Waals surface area contributed by atoms with Gasteiger partial charge in [0.15, 0.2) is 12.1 Å². The molecule has 0 saturated heterocycles. The summed E-state index contributed by atoms with van der Waals surface area (Å²) in [6.07, 6.45) is 2.39. The monoisotopic (exact) mass is 466 g/mol. The molecule has 34 heavy (non-hydrogen) atoms. The van der Waals surface area contributed by atoms with Crippen LogP contribution < -0.4 is 17.3 Å². The Morgan fingerprint density at radius 2 is 1.21 bits per heavy atom. The van der Waals surface area contributed by atoms with Gasteiger partial charge in [0.25, 0.3) is 0 Å². The Morgan fingerprint density at radius 3 is 1.79 bits per heavy atom. The fourth-order valence-electron chi connectivity index (χ4n) is 6.67. The number of aryl methyl sites for hydroxylation is 6. The second kappa shape index (κ2) is 7.99. The Hall–Kier alpha value is -3.10. The molecule has 0 spiro atoms. The average Bonchev–Trinajstić information content (AvgIpc) is 3.26. The zero-order valence-electron chi connectivity index (χ0n) is 20.8. The van der Waals surface area contributed by atoms with E-state index in [2.05, 4.69) is 118 Å². The lowest BCUT2D eigenvalue weighted by Gasteiger charge is -2.22. The Morgan fingerprint density at radius 1 is 0.676 bits per heavy atom. The third-order valence-corrected chi connectivity index (χ3v) is 7.54. The number of hydrogen-bond acceptors (Lipinski definition) is 1. The van der Waals surface area contributed by atoms with Crippen molar-refractivity contribution in [1.29, 1.82) is 0 Å². The summed E-state index contributed by atoms with van der Waals surface area (Å²) in [4.78, 5) is 2.56. The molecule has 1 aliphatic heterocycles. The van der Waals surface area contributed by atoms with Crippen LogP contribution in [0.3, 0.4) is 0 Å². The summed E-state index contributed by atoms with van der Waals surface area (Å²) in [5.41, 5.74) is 13.6. The van der Waals surface area contributed by atoms with E-state index in [0.29, 0.717) is 0 Å². The van der Waals surface area contributed by atoms with Crippen molar-refractivity contribution >= 4 is 28.5 Å². The van der Waals surface area contributed by atoms with Gasteiger partial charge in [-0.15, -0.1) is 0 Å². The van der Waals surface area contributed by atoms with Crippen LogP contribution in [0.15, 0.2) is 60.7 Å². The van der Waals surface area contributed by atoms with E-state index in [1.807, 2.05) is 0 Å². The summed E-state index contributed by atoms with van der Waals surface area (Å²) in [5.74, 6) is 0. The second-order valence-corrected chi connectivity index (χ2v) is 10.1. The number of anilines is 1. The predicted octanol–water partition coefficient (Wildman–Crippen LogP) is 4.68. The first-order valence-electron chi connectivity index (χ1n) is 11.9. The Bertz CT molecular complexity index is 1450. The molecule has 0 aromatic heterocycles. The molecular formula is C31H31ClN2. The molecule has 1 aliphatic carbocycles. The third-order valence-electron chi connectivity index (χ3n) is 7.54. The molecule has 4 aromatic rings. The maximum absolute atomic E-state index is 2.56. The predicted molar refractivity (Wildman–Crippen MR) is 139 cm³/mol. The molecule has 2 unspecified atom stereocenters. The maximum Gasteiger partial charge on any atom is 0.245 e. The number of nitrogens with zero attached hydrogens (tertiary/aromatic N) is 2. The normalized spacial score (nSPS) is 18.2. The van der Waals surface area contributed by atoms with E-state index in [1.54, 1.807) is 0 Å². The zero-order chi connectivity index (χ0) is 23.0. The van der Waals surface area contributed by atoms with Gasteiger partial charge in [0.05, 0.1) is 0 Å². The van der Waals surface area contributed by atoms with Crippen LogP contribution in [0.4, 0.5) is 11.4 Å². The maximum atomic E-state index is 2.56. The molecule has 6 rings (SSSR count). The smallest absolute Gasteiger partial charge is 0.245 e. The summed E-state index contributed by atoms with van der Waals surface area (Å²) in [6.45, 7) is 13.4. The number of halogens is 1. The van der Waals surface area contributed by atoms with Gasteiger partial charge in [0.1, 0.15) is 11.4 Å². The van der Waals surface area contributed by atoms with E-state index < -0.39 is 0 Å². The minimum absolute atomic E-state index is 0. The van der Waals surface area contributed by atoms with Crippen molar-refractivity contribution in [2.24, 2.45) is 0 Å². The third kappa shape index (κ3) is 3.12. The van der Waals surface area contributed by atoms with Crippen molar-refractivity contribution in [3.05, 3.63) is 105 Å². The lowest BCUT2D eigenvalue weighted by atomic mass is 9.98. The SMILES string of the molecule is Cc1cc(C)c(N2C=[N+](c3c(C)cc(C)cc3C)C3c4cccc5cccc(c45)C32)c(C)c1.[Cl-]. The lowest BCUT2D eigenvalue weighted by molar-refractivity contribution is -0.480. The van der Waals surface area contributed by atoms with Gasteiger partial charge in [0.2, 0.25) is 6.34 Å². The Labute approximate surface area is 209 Å². The van der Waals surface area contributed by atoms with Crippen molar-refractivity contribution in [3.8, 4) is 0 Å². The molecule has 0 fully saturated rings. The van der Waals surface area contributed by atoms with Gasteiger partial charge in [0, 0.05) is 11.1 Å². The van der Waals surface area contributed by atoms with Crippen LogP contribution in [0.25, 0.3) is 10.8 Å². The summed E-state index contributed by atoms with van der Waals surface area (Å²) < 4.78 is 2.56. The van der Waals surface area contributed by atoms with Crippen LogP contribution in [0.1, 0.15) is 56.6 Å². The standard InChI is InChI=1S/C31H31N2.ClH/c1-18-13-20(3)28(21(4)14-18)32-17-33(29-22(5)15-19(2)16-23(29)6)31-26-12-8-10-24-9-7-11-25(27(24)26)30(31)32;/h7-17,30-31H,1-6H3;1H/q+1;/p-1. The minimum Gasteiger partial charge on any atom is -1.00 e. The van der Waals surface area contributed by atoms with Crippen molar-refractivity contribution in [2.75, 3.05) is 4.90 Å². The highest BCUT2D eigenvalue weighted by molar-refractivity contribution is 5.96. The zero-order valence-corrected chi connectivity index (χ0v) is 21.5. The van der Waals surface area contributed by atoms with Gasteiger partial charge in [-0.2, -0.15) is 0 Å². The molecule has 2 atom stereocenters. The van der Waals surface area contributed by atoms with Crippen LogP contribution in [-0.4, -0.2) is 10.9 Å². The summed E-state index contributed by atoms with van der Waals surface area (Å²) in [5, 5.41) is 2.77. The van der Waals surface area contributed by atoms with Gasteiger partial charge in [-0.05, 0) is 74.6 Å². The Kier molecular flexibility index (Phi) is 5.33. The largest absolute Gasteiger partial charge is 1.00 e. The highest BCUT2D eigenvalue weighted by atomic mass is 35.5. The number of hydrogen-bond donors (Lipinski definition) is 0. The molecule has 0 radical (unpaired) electrons. The molecule has 0 amide bonds. The van der Waals surface area contributed by atoms with Crippen molar-refractivity contribution in [3.63, 3.8) is 0 Å². The first kappa shape index (κ1) is 22.7. The van der Waals surface area contributed by atoms with Crippen LogP contribution in [0, 0.1) is 41.5 Å². The number of fused-ring (bicyclic) bond motifs is 3. The van der Waals surface area contributed by atoms with Gasteiger partial charge in [-0.3, -0.25) is 0 Å². The molecule has 1 heterocycles. The van der Waals surface area contributed by atoms with Crippen LogP contribution in [-0.2, 0) is 0 Å². The summed E-state index contributed by atoms with van der Waals surface area (Å²) >= 11 is 0. The van der Waals surface area contributed by atoms with E-state index >= 15 is 0 Å². The molecule has 4 aromatic carbocycles. The average molecular weight is 467 g/mol. The van der Waals surface area contributed by atoms with Crippen molar-refractivity contribution in [1.82, 2.24) is 0 Å².